The minimum atomic E-state index is -0.544. The van der Waals surface area contributed by atoms with Crippen LogP contribution in [0, 0.1) is 17.8 Å². The van der Waals surface area contributed by atoms with Crippen molar-refractivity contribution in [3.63, 3.8) is 0 Å². The molecular weight excluding hydrogens is 143 g/mol. The first kappa shape index (κ1) is 7.53. The fraction of sp³-hybridized carbons (Fsp3) is 1.00. The van der Waals surface area contributed by atoms with Gasteiger partial charge in [0.15, 0.2) is 0 Å². The zero-order valence-corrected chi connectivity index (χ0v) is 6.67. The summed E-state index contributed by atoms with van der Waals surface area (Å²) in [6, 6.07) is 0. The van der Waals surface area contributed by atoms with E-state index >= 15 is 0 Å². The van der Waals surface area contributed by atoms with Gasteiger partial charge in [0.25, 0.3) is 0 Å². The molecule has 0 radical (unpaired) electrons. The number of hydrogen-bond acceptors (Lipinski definition) is 1. The van der Waals surface area contributed by atoms with Crippen molar-refractivity contribution in [2.75, 3.05) is 6.61 Å². The zero-order valence-electron chi connectivity index (χ0n) is 6.67. The van der Waals surface area contributed by atoms with Crippen LogP contribution in [0.25, 0.3) is 0 Å². The van der Waals surface area contributed by atoms with Gasteiger partial charge in [-0.2, -0.15) is 0 Å². The minimum Gasteiger partial charge on any atom is -0.396 e. The summed E-state index contributed by atoms with van der Waals surface area (Å²) in [5.74, 6) is 0.969. The summed E-state index contributed by atoms with van der Waals surface area (Å²) < 4.78 is 13.3. The zero-order chi connectivity index (χ0) is 7.84. The highest BCUT2D eigenvalue weighted by Crippen LogP contribution is 2.46. The van der Waals surface area contributed by atoms with E-state index in [1.807, 2.05) is 0 Å². The maximum atomic E-state index is 13.3. The first-order valence-corrected chi connectivity index (χ1v) is 4.56. The number of fused-ring (bicyclic) bond motifs is 2. The van der Waals surface area contributed by atoms with Crippen LogP contribution in [0.1, 0.15) is 25.7 Å². The van der Waals surface area contributed by atoms with E-state index in [9.17, 15) is 4.39 Å². The quantitative estimate of drug-likeness (QED) is 0.616. The van der Waals surface area contributed by atoms with Crippen LogP contribution in [0.5, 0.6) is 0 Å². The molecule has 2 heteroatoms. The maximum Gasteiger partial charge on any atom is 0.106 e. The van der Waals surface area contributed by atoms with Gasteiger partial charge in [-0.15, -0.1) is 0 Å². The Morgan fingerprint density at radius 2 is 1.73 bits per heavy atom. The van der Waals surface area contributed by atoms with Gasteiger partial charge < -0.3 is 5.11 Å². The number of rotatable bonds is 1. The molecule has 0 aromatic rings. The lowest BCUT2D eigenvalue weighted by molar-refractivity contribution is 0.0847. The van der Waals surface area contributed by atoms with E-state index in [0.717, 1.165) is 25.7 Å². The van der Waals surface area contributed by atoms with Crippen LogP contribution in [-0.4, -0.2) is 17.9 Å². The van der Waals surface area contributed by atoms with Gasteiger partial charge in [-0.25, -0.2) is 4.39 Å². The summed E-state index contributed by atoms with van der Waals surface area (Å²) in [6.45, 7) is 0.264. The summed E-state index contributed by atoms with van der Waals surface area (Å²) in [5.41, 5.74) is 0. The van der Waals surface area contributed by atoms with E-state index in [1.54, 1.807) is 0 Å². The maximum absolute atomic E-state index is 13.3. The predicted molar refractivity (Wildman–Crippen MR) is 40.9 cm³/mol. The summed E-state index contributed by atoms with van der Waals surface area (Å²) in [5, 5.41) is 8.92. The standard InChI is InChI=1S/C9H15FO/c10-9-7-1-2-8(9)4-6(3-7)5-11/h6-9,11H,1-5H2/t6?,7-,8-,9?/m1/s1. The van der Waals surface area contributed by atoms with E-state index in [4.69, 9.17) is 5.11 Å². The van der Waals surface area contributed by atoms with E-state index in [-0.39, 0.29) is 18.4 Å². The SMILES string of the molecule is OCC1C[C@H]2CC[C@H](C1)C2F. The second-order valence-electron chi connectivity index (χ2n) is 4.06. The van der Waals surface area contributed by atoms with Crippen molar-refractivity contribution < 1.29 is 9.50 Å². The van der Waals surface area contributed by atoms with E-state index < -0.39 is 6.17 Å². The van der Waals surface area contributed by atoms with Crippen molar-refractivity contribution in [3.8, 4) is 0 Å². The summed E-state index contributed by atoms with van der Waals surface area (Å²) in [6.07, 6.45) is 3.42. The summed E-state index contributed by atoms with van der Waals surface area (Å²) in [7, 11) is 0. The minimum absolute atomic E-state index is 0.264. The molecule has 2 bridgehead atoms. The van der Waals surface area contributed by atoms with Crippen LogP contribution < -0.4 is 0 Å². The predicted octanol–water partition coefficient (Wildman–Crippen LogP) is 1.75. The van der Waals surface area contributed by atoms with Gasteiger partial charge >= 0.3 is 0 Å². The lowest BCUT2D eigenvalue weighted by Crippen LogP contribution is -2.28. The molecule has 2 saturated carbocycles. The van der Waals surface area contributed by atoms with E-state index in [1.165, 1.54) is 0 Å². The first-order valence-electron chi connectivity index (χ1n) is 4.56. The highest BCUT2D eigenvalue weighted by Gasteiger charge is 2.42. The van der Waals surface area contributed by atoms with Crippen molar-refractivity contribution in [2.24, 2.45) is 17.8 Å². The average molecular weight is 158 g/mol. The Labute approximate surface area is 66.6 Å². The van der Waals surface area contributed by atoms with Gasteiger partial charge in [0.1, 0.15) is 6.17 Å². The van der Waals surface area contributed by atoms with Gasteiger partial charge in [0.05, 0.1) is 0 Å². The van der Waals surface area contributed by atoms with Crippen LogP contribution in [0.3, 0.4) is 0 Å². The Morgan fingerprint density at radius 3 is 2.18 bits per heavy atom. The fourth-order valence-corrected chi connectivity index (χ4v) is 2.73. The second kappa shape index (κ2) is 2.74. The molecule has 64 valence electrons. The molecule has 0 spiro atoms. The van der Waals surface area contributed by atoms with Crippen molar-refractivity contribution in [1.82, 2.24) is 0 Å². The van der Waals surface area contributed by atoms with Gasteiger partial charge in [-0.05, 0) is 43.4 Å². The Kier molecular flexibility index (Phi) is 1.88. The highest BCUT2D eigenvalue weighted by atomic mass is 19.1. The molecule has 11 heavy (non-hydrogen) atoms. The van der Waals surface area contributed by atoms with E-state index in [0.29, 0.717) is 5.92 Å². The Bertz CT molecular complexity index is 134. The third-order valence-corrected chi connectivity index (χ3v) is 3.34. The summed E-state index contributed by atoms with van der Waals surface area (Å²) >= 11 is 0. The molecule has 0 aliphatic heterocycles. The molecule has 1 nitrogen and oxygen atoms in total. The lowest BCUT2D eigenvalue weighted by atomic mass is 9.80. The first-order chi connectivity index (χ1) is 5.31. The fourth-order valence-electron chi connectivity index (χ4n) is 2.73. The van der Waals surface area contributed by atoms with Crippen LogP contribution in [0.15, 0.2) is 0 Å². The monoisotopic (exact) mass is 158 g/mol. The molecule has 2 aliphatic rings. The molecule has 2 fully saturated rings. The van der Waals surface area contributed by atoms with Crippen LogP contribution in [0.2, 0.25) is 0 Å². The van der Waals surface area contributed by atoms with Crippen molar-refractivity contribution in [3.05, 3.63) is 0 Å². The van der Waals surface area contributed by atoms with Gasteiger partial charge in [-0.1, -0.05) is 0 Å². The normalized spacial score (nSPS) is 49.6. The van der Waals surface area contributed by atoms with Crippen molar-refractivity contribution >= 4 is 0 Å². The molecule has 0 amide bonds. The number of aliphatic hydroxyl groups is 1. The molecule has 0 saturated heterocycles. The number of aliphatic hydroxyl groups excluding tert-OH is 1. The molecule has 1 N–H and O–H groups in total. The molecule has 2 atom stereocenters. The largest absolute Gasteiger partial charge is 0.396 e. The lowest BCUT2D eigenvalue weighted by Gasteiger charge is -2.29. The van der Waals surface area contributed by atoms with Gasteiger partial charge in [-0.3, -0.25) is 0 Å². The Hall–Kier alpha value is -0.110. The molecule has 0 heterocycles. The third kappa shape index (κ3) is 1.18. The Balaban J connectivity index is 2.02. The highest BCUT2D eigenvalue weighted by molar-refractivity contribution is 4.92. The number of alkyl halides is 1. The number of halogens is 1. The molecule has 0 aromatic heterocycles. The summed E-state index contributed by atoms with van der Waals surface area (Å²) in [4.78, 5) is 0. The van der Waals surface area contributed by atoms with Crippen LogP contribution in [-0.2, 0) is 0 Å². The van der Waals surface area contributed by atoms with E-state index in [2.05, 4.69) is 0 Å². The third-order valence-electron chi connectivity index (χ3n) is 3.34. The molecule has 2 rings (SSSR count). The number of hydrogen-bond donors (Lipinski definition) is 1. The molecule has 2 aliphatic carbocycles. The second-order valence-corrected chi connectivity index (χ2v) is 4.06. The average Bonchev–Trinajstić information content (AvgIpc) is 2.26. The topological polar surface area (TPSA) is 20.2 Å². The molecule has 0 aromatic carbocycles. The van der Waals surface area contributed by atoms with Gasteiger partial charge in [0.2, 0.25) is 0 Å². The van der Waals surface area contributed by atoms with Gasteiger partial charge in [0, 0.05) is 6.61 Å². The van der Waals surface area contributed by atoms with Crippen molar-refractivity contribution in [2.45, 2.75) is 31.9 Å². The van der Waals surface area contributed by atoms with Crippen molar-refractivity contribution in [1.29, 1.82) is 0 Å². The van der Waals surface area contributed by atoms with Crippen LogP contribution in [0.4, 0.5) is 4.39 Å². The molecular formula is C9H15FO. The smallest absolute Gasteiger partial charge is 0.106 e. The Morgan fingerprint density at radius 1 is 1.18 bits per heavy atom. The van der Waals surface area contributed by atoms with Crippen LogP contribution >= 0.6 is 0 Å². The molecule has 0 unspecified atom stereocenters.